The highest BCUT2D eigenvalue weighted by molar-refractivity contribution is 5.95. The van der Waals surface area contributed by atoms with E-state index in [4.69, 9.17) is 4.74 Å². The Morgan fingerprint density at radius 1 is 0.969 bits per heavy atom. The zero-order valence-corrected chi connectivity index (χ0v) is 18.5. The van der Waals surface area contributed by atoms with Crippen molar-refractivity contribution in [3.63, 3.8) is 0 Å². The molecule has 0 aromatic heterocycles. The molecular weight excluding hydrogens is 398 g/mol. The third-order valence-electron chi connectivity index (χ3n) is 5.97. The van der Waals surface area contributed by atoms with Crippen molar-refractivity contribution >= 4 is 11.6 Å². The van der Waals surface area contributed by atoms with Gasteiger partial charge in [-0.15, -0.1) is 0 Å². The molecule has 1 unspecified atom stereocenters. The van der Waals surface area contributed by atoms with Gasteiger partial charge < -0.3 is 10.1 Å². The summed E-state index contributed by atoms with van der Waals surface area (Å²) in [6.45, 7) is 3.02. The fourth-order valence-electron chi connectivity index (χ4n) is 4.22. The molecular formula is C27H31N3O2. The third-order valence-corrected chi connectivity index (χ3v) is 5.97. The maximum absolute atomic E-state index is 13.3. The van der Waals surface area contributed by atoms with E-state index < -0.39 is 6.04 Å². The van der Waals surface area contributed by atoms with E-state index in [0.29, 0.717) is 6.04 Å². The summed E-state index contributed by atoms with van der Waals surface area (Å²) in [6.07, 6.45) is 2.03. The molecule has 0 radical (unpaired) electrons. The molecule has 5 heteroatoms. The van der Waals surface area contributed by atoms with Crippen LogP contribution in [0.1, 0.15) is 30.0 Å². The van der Waals surface area contributed by atoms with Gasteiger partial charge in [-0.25, -0.2) is 0 Å². The highest BCUT2D eigenvalue weighted by atomic mass is 16.5. The van der Waals surface area contributed by atoms with Crippen molar-refractivity contribution in [1.82, 2.24) is 10.2 Å². The Morgan fingerprint density at radius 2 is 1.66 bits per heavy atom. The quantitative estimate of drug-likeness (QED) is 0.548. The Hall–Kier alpha value is -3.15. The minimum atomic E-state index is -0.409. The van der Waals surface area contributed by atoms with Crippen molar-refractivity contribution < 1.29 is 9.53 Å². The molecule has 0 saturated carbocycles. The molecule has 166 valence electrons. The summed E-state index contributed by atoms with van der Waals surface area (Å²) in [5.41, 5.74) is 3.05. The molecule has 3 aromatic rings. The summed E-state index contributed by atoms with van der Waals surface area (Å²) < 4.78 is 5.28. The molecule has 1 atom stereocenters. The molecule has 32 heavy (non-hydrogen) atoms. The van der Waals surface area contributed by atoms with E-state index >= 15 is 0 Å². The number of piperidine rings is 1. The first-order valence-corrected chi connectivity index (χ1v) is 11.2. The molecule has 1 aliphatic heterocycles. The van der Waals surface area contributed by atoms with E-state index in [9.17, 15) is 4.79 Å². The van der Waals surface area contributed by atoms with E-state index in [1.165, 1.54) is 5.56 Å². The lowest BCUT2D eigenvalue weighted by molar-refractivity contribution is -0.118. The normalized spacial score (nSPS) is 15.8. The van der Waals surface area contributed by atoms with Crippen LogP contribution in [0.2, 0.25) is 0 Å². The number of benzene rings is 3. The van der Waals surface area contributed by atoms with E-state index in [1.54, 1.807) is 7.11 Å². The number of methoxy groups -OCH3 is 1. The minimum absolute atomic E-state index is 0.0591. The van der Waals surface area contributed by atoms with E-state index in [-0.39, 0.29) is 5.91 Å². The summed E-state index contributed by atoms with van der Waals surface area (Å²) in [4.78, 5) is 15.8. The van der Waals surface area contributed by atoms with Crippen LogP contribution in [0, 0.1) is 0 Å². The first-order chi connectivity index (χ1) is 15.7. The minimum Gasteiger partial charge on any atom is -0.497 e. The van der Waals surface area contributed by atoms with E-state index in [1.807, 2.05) is 54.6 Å². The molecule has 0 spiro atoms. The van der Waals surface area contributed by atoms with Gasteiger partial charge in [-0.3, -0.25) is 15.0 Å². The largest absolute Gasteiger partial charge is 0.497 e. The average molecular weight is 430 g/mol. The van der Waals surface area contributed by atoms with Crippen LogP contribution in [0.5, 0.6) is 5.75 Å². The second-order valence-corrected chi connectivity index (χ2v) is 8.27. The summed E-state index contributed by atoms with van der Waals surface area (Å²) in [7, 11) is 1.62. The van der Waals surface area contributed by atoms with Gasteiger partial charge in [0.2, 0.25) is 5.91 Å². The van der Waals surface area contributed by atoms with E-state index in [2.05, 4.69) is 45.9 Å². The third kappa shape index (κ3) is 5.96. The maximum atomic E-state index is 13.3. The number of nitrogens with one attached hydrogen (secondary N) is 2. The second-order valence-electron chi connectivity index (χ2n) is 8.27. The predicted octanol–water partition coefficient (Wildman–Crippen LogP) is 4.63. The summed E-state index contributed by atoms with van der Waals surface area (Å²) in [5, 5.41) is 6.69. The number of amides is 1. The van der Waals surface area contributed by atoms with Gasteiger partial charge in [0.15, 0.2) is 0 Å². The summed E-state index contributed by atoms with van der Waals surface area (Å²) >= 11 is 0. The summed E-state index contributed by atoms with van der Waals surface area (Å²) in [5.74, 6) is 0.661. The Balaban J connectivity index is 1.40. The Morgan fingerprint density at radius 3 is 2.34 bits per heavy atom. The number of nitrogens with zero attached hydrogens (tertiary/aromatic N) is 1. The molecule has 1 fully saturated rings. The van der Waals surface area contributed by atoms with Crippen LogP contribution in [0.3, 0.4) is 0 Å². The molecule has 4 rings (SSSR count). The summed E-state index contributed by atoms with van der Waals surface area (Å²) in [6, 6.07) is 27.9. The van der Waals surface area contributed by atoms with Gasteiger partial charge in [-0.2, -0.15) is 0 Å². The number of anilines is 1. The number of ether oxygens (including phenoxy) is 1. The van der Waals surface area contributed by atoms with Crippen LogP contribution in [0.15, 0.2) is 84.9 Å². The molecule has 3 aromatic carbocycles. The van der Waals surface area contributed by atoms with Crippen LogP contribution in [0.25, 0.3) is 0 Å². The Kier molecular flexibility index (Phi) is 7.54. The van der Waals surface area contributed by atoms with Crippen molar-refractivity contribution in [2.75, 3.05) is 25.5 Å². The second kappa shape index (κ2) is 10.9. The molecule has 1 aliphatic rings. The van der Waals surface area contributed by atoms with Gasteiger partial charge in [0.1, 0.15) is 11.8 Å². The Labute approximate surface area is 190 Å². The Bertz CT molecular complexity index is 986. The van der Waals surface area contributed by atoms with Gasteiger partial charge in [0, 0.05) is 24.3 Å². The maximum Gasteiger partial charge on any atom is 0.246 e. The molecule has 1 heterocycles. The van der Waals surface area contributed by atoms with Crippen molar-refractivity contribution in [1.29, 1.82) is 0 Å². The lowest BCUT2D eigenvalue weighted by Gasteiger charge is -2.34. The number of hydrogen-bond acceptors (Lipinski definition) is 4. The molecule has 1 saturated heterocycles. The molecule has 0 bridgehead atoms. The number of carbonyl (C=O) groups is 1. The zero-order valence-electron chi connectivity index (χ0n) is 18.5. The van der Waals surface area contributed by atoms with Crippen molar-refractivity contribution in [2.45, 2.75) is 31.5 Å². The number of carbonyl (C=O) groups excluding carboxylic acids is 1. The smallest absolute Gasteiger partial charge is 0.246 e. The van der Waals surface area contributed by atoms with Crippen LogP contribution in [-0.2, 0) is 11.3 Å². The van der Waals surface area contributed by atoms with Gasteiger partial charge in [-0.1, -0.05) is 66.7 Å². The fraction of sp³-hybridized carbons (Fsp3) is 0.296. The first kappa shape index (κ1) is 22.1. The van der Waals surface area contributed by atoms with Crippen LogP contribution < -0.4 is 15.4 Å². The highest BCUT2D eigenvalue weighted by Crippen LogP contribution is 2.22. The lowest BCUT2D eigenvalue weighted by atomic mass is 9.99. The molecule has 1 amide bonds. The van der Waals surface area contributed by atoms with Gasteiger partial charge in [-0.05, 0) is 49.2 Å². The van der Waals surface area contributed by atoms with Gasteiger partial charge in [0.25, 0.3) is 0 Å². The van der Waals surface area contributed by atoms with E-state index in [0.717, 1.165) is 49.5 Å². The number of likely N-dealkylation sites (tertiary alicyclic amines) is 1. The first-order valence-electron chi connectivity index (χ1n) is 11.2. The van der Waals surface area contributed by atoms with Crippen molar-refractivity contribution in [3.05, 3.63) is 96.1 Å². The SMILES string of the molecule is COc1cccc(NC(=O)C(NC2CCN(Cc3ccccc3)CC2)c2ccccc2)c1. The van der Waals surface area contributed by atoms with Crippen molar-refractivity contribution in [2.24, 2.45) is 0 Å². The van der Waals surface area contributed by atoms with Gasteiger partial charge >= 0.3 is 0 Å². The standard InChI is InChI=1S/C27H31N3O2/c1-32-25-14-8-13-24(19-25)29-27(31)26(22-11-6-3-7-12-22)28-23-15-17-30(18-16-23)20-21-9-4-2-5-10-21/h2-14,19,23,26,28H,15-18,20H2,1H3,(H,29,31). The molecule has 0 aliphatic carbocycles. The molecule has 5 nitrogen and oxygen atoms in total. The zero-order chi connectivity index (χ0) is 22.2. The number of rotatable bonds is 8. The number of hydrogen-bond donors (Lipinski definition) is 2. The monoisotopic (exact) mass is 429 g/mol. The van der Waals surface area contributed by atoms with Crippen LogP contribution in [0.4, 0.5) is 5.69 Å². The van der Waals surface area contributed by atoms with Crippen LogP contribution >= 0.6 is 0 Å². The predicted molar refractivity (Wildman–Crippen MR) is 129 cm³/mol. The van der Waals surface area contributed by atoms with Crippen LogP contribution in [-0.4, -0.2) is 37.0 Å². The van der Waals surface area contributed by atoms with Gasteiger partial charge in [0.05, 0.1) is 7.11 Å². The fourth-order valence-corrected chi connectivity index (χ4v) is 4.22. The topological polar surface area (TPSA) is 53.6 Å². The van der Waals surface area contributed by atoms with Crippen molar-refractivity contribution in [3.8, 4) is 5.75 Å². The lowest BCUT2D eigenvalue weighted by Crippen LogP contribution is -2.46. The average Bonchev–Trinajstić information content (AvgIpc) is 2.85. The highest BCUT2D eigenvalue weighted by Gasteiger charge is 2.27. The molecule has 2 N–H and O–H groups in total.